The molecule has 0 aromatic carbocycles. The van der Waals surface area contributed by atoms with Gasteiger partial charge in [-0.2, -0.15) is 0 Å². The lowest BCUT2D eigenvalue weighted by molar-refractivity contribution is 0.941. The summed E-state index contributed by atoms with van der Waals surface area (Å²) in [4.78, 5) is 8.65. The molecule has 1 aliphatic heterocycles. The van der Waals surface area contributed by atoms with E-state index in [0.29, 0.717) is 0 Å². The van der Waals surface area contributed by atoms with E-state index in [1.807, 2.05) is 11.6 Å². The van der Waals surface area contributed by atoms with E-state index < -0.39 is 0 Å². The van der Waals surface area contributed by atoms with Crippen molar-refractivity contribution >= 4 is 23.1 Å². The van der Waals surface area contributed by atoms with Gasteiger partial charge in [0.25, 0.3) is 0 Å². The van der Waals surface area contributed by atoms with Gasteiger partial charge in [-0.1, -0.05) is 12.2 Å². The van der Waals surface area contributed by atoms with E-state index in [2.05, 4.69) is 27.4 Å². The first-order chi connectivity index (χ1) is 6.88. The molecule has 0 saturated heterocycles. The van der Waals surface area contributed by atoms with Gasteiger partial charge in [0.1, 0.15) is 11.3 Å². The van der Waals surface area contributed by atoms with Crippen molar-refractivity contribution in [2.75, 3.05) is 11.9 Å². The third-order valence-electron chi connectivity index (χ3n) is 2.51. The van der Waals surface area contributed by atoms with E-state index in [1.165, 1.54) is 0 Å². The summed E-state index contributed by atoms with van der Waals surface area (Å²) in [6, 6.07) is 0. The minimum atomic E-state index is 0.872. The fourth-order valence-electron chi connectivity index (χ4n) is 1.87. The number of rotatable bonds is 0. The molecule has 4 nitrogen and oxygen atoms in total. The van der Waals surface area contributed by atoms with Gasteiger partial charge < -0.3 is 9.88 Å². The van der Waals surface area contributed by atoms with Gasteiger partial charge in [0.2, 0.25) is 0 Å². The van der Waals surface area contributed by atoms with E-state index >= 15 is 0 Å². The second-order valence-electron chi connectivity index (χ2n) is 3.33. The van der Waals surface area contributed by atoms with Crippen LogP contribution in [-0.4, -0.2) is 21.1 Å². The van der Waals surface area contributed by atoms with Crippen molar-refractivity contribution in [3.63, 3.8) is 0 Å². The Morgan fingerprint density at radius 3 is 3.14 bits per heavy atom. The van der Waals surface area contributed by atoms with Crippen LogP contribution in [-0.2, 0) is 7.05 Å². The molecular formula is C10H10N4. The Morgan fingerprint density at radius 1 is 1.36 bits per heavy atom. The van der Waals surface area contributed by atoms with Crippen molar-refractivity contribution in [1.82, 2.24) is 14.5 Å². The van der Waals surface area contributed by atoms with E-state index in [4.69, 9.17) is 0 Å². The van der Waals surface area contributed by atoms with Crippen LogP contribution in [0.2, 0.25) is 0 Å². The monoisotopic (exact) mass is 186 g/mol. The molecule has 0 fully saturated rings. The van der Waals surface area contributed by atoms with Crippen LogP contribution in [0.1, 0.15) is 5.56 Å². The molecule has 14 heavy (non-hydrogen) atoms. The Morgan fingerprint density at radius 2 is 2.21 bits per heavy atom. The lowest BCUT2D eigenvalue weighted by Crippen LogP contribution is -2.07. The zero-order chi connectivity index (χ0) is 9.54. The quantitative estimate of drug-likeness (QED) is 0.676. The van der Waals surface area contributed by atoms with Gasteiger partial charge in [-0.3, -0.25) is 4.98 Å². The van der Waals surface area contributed by atoms with E-state index in [1.54, 1.807) is 12.4 Å². The fraction of sp³-hybridized carbons (Fsp3) is 0.200. The lowest BCUT2D eigenvalue weighted by Gasteiger charge is -2.10. The molecule has 3 heterocycles. The number of hydrogen-bond donors (Lipinski definition) is 1. The average Bonchev–Trinajstić information content (AvgIpc) is 2.55. The van der Waals surface area contributed by atoms with Crippen LogP contribution in [0.5, 0.6) is 0 Å². The van der Waals surface area contributed by atoms with Gasteiger partial charge in [0.15, 0.2) is 5.65 Å². The summed E-state index contributed by atoms with van der Waals surface area (Å²) >= 11 is 0. The molecule has 0 atom stereocenters. The summed E-state index contributed by atoms with van der Waals surface area (Å²) in [6.45, 7) is 0.872. The number of hydrogen-bond acceptors (Lipinski definition) is 3. The molecule has 0 unspecified atom stereocenters. The minimum Gasteiger partial charge on any atom is -0.367 e. The molecule has 0 saturated carbocycles. The van der Waals surface area contributed by atoms with Gasteiger partial charge in [-0.25, -0.2) is 4.98 Å². The molecule has 0 aliphatic carbocycles. The first-order valence-electron chi connectivity index (χ1n) is 4.58. The van der Waals surface area contributed by atoms with Crippen LogP contribution in [0.15, 0.2) is 18.5 Å². The summed E-state index contributed by atoms with van der Waals surface area (Å²) in [7, 11) is 2.00. The number of fused-ring (bicyclic) bond motifs is 3. The van der Waals surface area contributed by atoms with Gasteiger partial charge in [-0.05, 0) is 0 Å². The van der Waals surface area contributed by atoms with Crippen molar-refractivity contribution in [2.24, 2.45) is 7.05 Å². The summed E-state index contributed by atoms with van der Waals surface area (Å²) < 4.78 is 2.04. The Labute approximate surface area is 81.3 Å². The summed E-state index contributed by atoms with van der Waals surface area (Å²) in [6.07, 6.45) is 7.64. The number of anilines is 1. The molecule has 0 bridgehead atoms. The smallest absolute Gasteiger partial charge is 0.160 e. The van der Waals surface area contributed by atoms with Crippen LogP contribution >= 0.6 is 0 Å². The molecule has 0 amide bonds. The zero-order valence-electron chi connectivity index (χ0n) is 7.86. The van der Waals surface area contributed by atoms with Gasteiger partial charge in [0, 0.05) is 31.5 Å². The predicted octanol–water partition coefficient (Wildman–Crippen LogP) is 1.41. The lowest BCUT2D eigenvalue weighted by atomic mass is 10.2. The van der Waals surface area contributed by atoms with Gasteiger partial charge >= 0.3 is 0 Å². The van der Waals surface area contributed by atoms with Crippen molar-refractivity contribution < 1.29 is 0 Å². The molecule has 2 aromatic rings. The van der Waals surface area contributed by atoms with Crippen molar-refractivity contribution in [2.45, 2.75) is 0 Å². The highest BCUT2D eigenvalue weighted by Crippen LogP contribution is 2.29. The zero-order valence-corrected chi connectivity index (χ0v) is 7.86. The molecule has 2 aromatic heterocycles. The van der Waals surface area contributed by atoms with Crippen LogP contribution in [0, 0.1) is 0 Å². The molecule has 3 rings (SSSR count). The second-order valence-corrected chi connectivity index (χ2v) is 3.33. The van der Waals surface area contributed by atoms with Crippen LogP contribution in [0.4, 0.5) is 5.82 Å². The summed E-state index contributed by atoms with van der Waals surface area (Å²) in [5.41, 5.74) is 3.03. The Kier molecular flexibility index (Phi) is 1.39. The number of aromatic nitrogens is 3. The highest BCUT2D eigenvalue weighted by atomic mass is 15.1. The van der Waals surface area contributed by atoms with E-state index in [0.717, 1.165) is 29.1 Å². The summed E-state index contributed by atoms with van der Waals surface area (Å²) in [5, 5.41) is 3.32. The largest absolute Gasteiger partial charge is 0.367 e. The van der Waals surface area contributed by atoms with Crippen molar-refractivity contribution in [3.8, 4) is 0 Å². The Hall–Kier alpha value is -1.84. The highest BCUT2D eigenvalue weighted by Gasteiger charge is 2.15. The molecule has 70 valence electrons. The minimum absolute atomic E-state index is 0.872. The summed E-state index contributed by atoms with van der Waals surface area (Å²) in [5.74, 6) is 1.11. The predicted molar refractivity (Wildman–Crippen MR) is 56.0 cm³/mol. The molecule has 0 spiro atoms. The fourth-order valence-corrected chi connectivity index (χ4v) is 1.87. The number of nitrogens with zero attached hydrogens (tertiary/aromatic N) is 3. The third kappa shape index (κ3) is 0.824. The maximum absolute atomic E-state index is 4.34. The van der Waals surface area contributed by atoms with Crippen LogP contribution in [0.3, 0.4) is 0 Å². The first kappa shape index (κ1) is 7.55. The maximum atomic E-state index is 4.34. The third-order valence-corrected chi connectivity index (χ3v) is 2.51. The molecular weight excluding hydrogens is 176 g/mol. The maximum Gasteiger partial charge on any atom is 0.160 e. The molecule has 1 aliphatic rings. The number of nitrogens with one attached hydrogen (secondary N) is 1. The second kappa shape index (κ2) is 2.57. The normalized spacial score (nSPS) is 14.1. The topological polar surface area (TPSA) is 42.7 Å². The van der Waals surface area contributed by atoms with Crippen LogP contribution < -0.4 is 5.32 Å². The van der Waals surface area contributed by atoms with Gasteiger partial charge in [-0.15, -0.1) is 0 Å². The number of aryl methyl sites for hydroxylation is 1. The SMILES string of the molecule is Cn1c2c(c3nccnc31)C=CCN2. The first-order valence-corrected chi connectivity index (χ1v) is 4.58. The van der Waals surface area contributed by atoms with E-state index in [9.17, 15) is 0 Å². The van der Waals surface area contributed by atoms with E-state index in [-0.39, 0.29) is 0 Å². The molecule has 0 radical (unpaired) electrons. The standard InChI is InChI=1S/C10H10N4/c1-14-9-7(3-2-4-12-9)8-10(14)13-6-5-11-8/h2-3,5-6,12H,4H2,1H3. The Balaban J connectivity index is 2.48. The molecule has 4 heteroatoms. The van der Waals surface area contributed by atoms with Crippen molar-refractivity contribution in [1.29, 1.82) is 0 Å². The highest BCUT2D eigenvalue weighted by molar-refractivity contribution is 5.91. The molecule has 1 N–H and O–H groups in total. The van der Waals surface area contributed by atoms with Crippen molar-refractivity contribution in [3.05, 3.63) is 24.0 Å². The average molecular weight is 186 g/mol. The van der Waals surface area contributed by atoms with Gasteiger partial charge in [0.05, 0.1) is 0 Å². The van der Waals surface area contributed by atoms with Crippen LogP contribution in [0.25, 0.3) is 17.2 Å². The Bertz CT molecular complexity index is 524.